The van der Waals surface area contributed by atoms with Crippen LogP contribution in [0.2, 0.25) is 0 Å². The fourth-order valence-corrected chi connectivity index (χ4v) is 1.09. The van der Waals surface area contributed by atoms with Crippen LogP contribution in [-0.4, -0.2) is 6.61 Å². The van der Waals surface area contributed by atoms with Gasteiger partial charge in [-0.25, -0.2) is 0 Å². The molecule has 62 valence electrons. The zero-order valence-electron chi connectivity index (χ0n) is 6.47. The Labute approximate surface area is 74.7 Å². The predicted octanol–water partition coefficient (Wildman–Crippen LogP) is 2.97. The minimum Gasteiger partial charge on any atom is -0.452 e. The number of ether oxygens (including phenoxy) is 1. The monoisotopic (exact) mass is 218 g/mol. The van der Waals surface area contributed by atoms with Crippen LogP contribution in [0.3, 0.4) is 0 Å². The maximum atomic E-state index is 5.27. The van der Waals surface area contributed by atoms with Crippen molar-refractivity contribution < 1.29 is 9.15 Å². The molecule has 0 aromatic carbocycles. The second kappa shape index (κ2) is 4.57. The van der Waals surface area contributed by atoms with Crippen LogP contribution in [-0.2, 0) is 11.3 Å². The third-order valence-electron chi connectivity index (χ3n) is 1.22. The van der Waals surface area contributed by atoms with Gasteiger partial charge in [-0.3, -0.25) is 0 Å². The Hall–Kier alpha value is -0.280. The smallest absolute Gasteiger partial charge is 0.169 e. The minimum atomic E-state index is 0.569. The Morgan fingerprint density at radius 1 is 1.55 bits per heavy atom. The number of furan rings is 1. The summed E-state index contributed by atoms with van der Waals surface area (Å²) in [6, 6.07) is 3.77. The van der Waals surface area contributed by atoms with E-state index < -0.39 is 0 Å². The molecule has 0 amide bonds. The average Bonchev–Trinajstić information content (AvgIpc) is 2.37. The van der Waals surface area contributed by atoms with E-state index in [1.54, 1.807) is 0 Å². The summed E-state index contributed by atoms with van der Waals surface area (Å²) in [5, 5.41) is 0. The van der Waals surface area contributed by atoms with Gasteiger partial charge in [0.2, 0.25) is 0 Å². The van der Waals surface area contributed by atoms with Crippen LogP contribution in [0.5, 0.6) is 0 Å². The first-order valence-electron chi connectivity index (χ1n) is 3.65. The first kappa shape index (κ1) is 8.81. The summed E-state index contributed by atoms with van der Waals surface area (Å²) in [7, 11) is 0. The second-order valence-electron chi connectivity index (χ2n) is 2.26. The van der Waals surface area contributed by atoms with E-state index in [0.29, 0.717) is 6.61 Å². The summed E-state index contributed by atoms with van der Waals surface area (Å²) in [4.78, 5) is 0. The zero-order chi connectivity index (χ0) is 8.10. The number of rotatable bonds is 4. The van der Waals surface area contributed by atoms with Crippen molar-refractivity contribution in [3.63, 3.8) is 0 Å². The maximum Gasteiger partial charge on any atom is 0.169 e. The van der Waals surface area contributed by atoms with Gasteiger partial charge in [-0.1, -0.05) is 6.92 Å². The SMILES string of the molecule is CCCOCc1ccc(Br)o1. The Bertz CT molecular complexity index is 208. The fourth-order valence-electron chi connectivity index (χ4n) is 0.746. The van der Waals surface area contributed by atoms with Crippen molar-refractivity contribution in [3.8, 4) is 0 Å². The van der Waals surface area contributed by atoms with Crippen LogP contribution in [0.4, 0.5) is 0 Å². The lowest BCUT2D eigenvalue weighted by Crippen LogP contribution is -1.91. The van der Waals surface area contributed by atoms with Crippen molar-refractivity contribution in [1.29, 1.82) is 0 Å². The fraction of sp³-hybridized carbons (Fsp3) is 0.500. The molecule has 0 atom stereocenters. The van der Waals surface area contributed by atoms with E-state index in [2.05, 4.69) is 22.9 Å². The molecule has 0 aliphatic rings. The molecule has 1 aromatic rings. The molecule has 1 aromatic heterocycles. The summed E-state index contributed by atoms with van der Waals surface area (Å²) in [5.41, 5.74) is 0. The third kappa shape index (κ3) is 3.08. The van der Waals surface area contributed by atoms with E-state index in [1.165, 1.54) is 0 Å². The van der Waals surface area contributed by atoms with Crippen LogP contribution in [0.1, 0.15) is 19.1 Å². The second-order valence-corrected chi connectivity index (χ2v) is 3.04. The molecule has 0 spiro atoms. The third-order valence-corrected chi connectivity index (χ3v) is 1.65. The lowest BCUT2D eigenvalue weighted by Gasteiger charge is -1.97. The molecular formula is C8H11BrO2. The van der Waals surface area contributed by atoms with Gasteiger partial charge in [-0.2, -0.15) is 0 Å². The van der Waals surface area contributed by atoms with Crippen molar-refractivity contribution in [2.75, 3.05) is 6.61 Å². The highest BCUT2D eigenvalue weighted by Crippen LogP contribution is 2.14. The van der Waals surface area contributed by atoms with Gasteiger partial charge in [0.15, 0.2) is 4.67 Å². The van der Waals surface area contributed by atoms with Gasteiger partial charge >= 0.3 is 0 Å². The zero-order valence-corrected chi connectivity index (χ0v) is 8.06. The summed E-state index contributed by atoms with van der Waals surface area (Å²) >= 11 is 3.22. The van der Waals surface area contributed by atoms with E-state index in [9.17, 15) is 0 Å². The standard InChI is InChI=1S/C8H11BrO2/c1-2-5-10-6-7-3-4-8(9)11-7/h3-4H,2,5-6H2,1H3. The Morgan fingerprint density at radius 2 is 2.36 bits per heavy atom. The quantitative estimate of drug-likeness (QED) is 0.726. The molecule has 0 aliphatic heterocycles. The normalized spacial score (nSPS) is 10.4. The maximum absolute atomic E-state index is 5.27. The van der Waals surface area contributed by atoms with Gasteiger partial charge < -0.3 is 9.15 Å². The summed E-state index contributed by atoms with van der Waals surface area (Å²) < 4.78 is 11.2. The van der Waals surface area contributed by atoms with Gasteiger partial charge in [0.25, 0.3) is 0 Å². The van der Waals surface area contributed by atoms with Crippen LogP contribution in [0.25, 0.3) is 0 Å². The van der Waals surface area contributed by atoms with Crippen LogP contribution < -0.4 is 0 Å². The molecule has 0 unspecified atom stereocenters. The van der Waals surface area contributed by atoms with Crippen LogP contribution >= 0.6 is 15.9 Å². The average molecular weight is 219 g/mol. The first-order valence-corrected chi connectivity index (χ1v) is 4.44. The first-order chi connectivity index (χ1) is 5.33. The minimum absolute atomic E-state index is 0.569. The molecule has 0 radical (unpaired) electrons. The highest BCUT2D eigenvalue weighted by atomic mass is 79.9. The van der Waals surface area contributed by atoms with Gasteiger partial charge in [0.1, 0.15) is 12.4 Å². The largest absolute Gasteiger partial charge is 0.452 e. The van der Waals surface area contributed by atoms with E-state index in [-0.39, 0.29) is 0 Å². The molecule has 0 aliphatic carbocycles. The van der Waals surface area contributed by atoms with Crippen molar-refractivity contribution in [3.05, 3.63) is 22.6 Å². The highest BCUT2D eigenvalue weighted by molar-refractivity contribution is 9.10. The van der Waals surface area contributed by atoms with Gasteiger partial charge in [0.05, 0.1) is 0 Å². The molecule has 0 bridgehead atoms. The van der Waals surface area contributed by atoms with Crippen LogP contribution in [0, 0.1) is 0 Å². The van der Waals surface area contributed by atoms with Gasteiger partial charge in [0, 0.05) is 6.61 Å². The molecule has 0 saturated heterocycles. The number of halogens is 1. The Morgan fingerprint density at radius 3 is 2.91 bits per heavy atom. The Balaban J connectivity index is 2.27. The number of hydrogen-bond acceptors (Lipinski definition) is 2. The van der Waals surface area contributed by atoms with Crippen molar-refractivity contribution in [1.82, 2.24) is 0 Å². The van der Waals surface area contributed by atoms with Crippen LogP contribution in [0.15, 0.2) is 21.2 Å². The molecule has 0 fully saturated rings. The topological polar surface area (TPSA) is 22.4 Å². The van der Waals surface area contributed by atoms with E-state index >= 15 is 0 Å². The molecule has 1 heterocycles. The molecule has 1 rings (SSSR count). The molecule has 11 heavy (non-hydrogen) atoms. The molecule has 0 saturated carbocycles. The lowest BCUT2D eigenvalue weighted by atomic mass is 10.5. The van der Waals surface area contributed by atoms with Crippen molar-refractivity contribution in [2.24, 2.45) is 0 Å². The van der Waals surface area contributed by atoms with E-state index in [4.69, 9.17) is 9.15 Å². The van der Waals surface area contributed by atoms with Crippen molar-refractivity contribution in [2.45, 2.75) is 20.0 Å². The molecular weight excluding hydrogens is 208 g/mol. The van der Waals surface area contributed by atoms with Gasteiger partial charge in [-0.15, -0.1) is 0 Å². The number of hydrogen-bond donors (Lipinski definition) is 0. The Kier molecular flexibility index (Phi) is 3.66. The predicted molar refractivity (Wildman–Crippen MR) is 46.4 cm³/mol. The summed E-state index contributed by atoms with van der Waals surface area (Å²) in [6.07, 6.45) is 1.04. The summed E-state index contributed by atoms with van der Waals surface area (Å²) in [5.74, 6) is 0.866. The lowest BCUT2D eigenvalue weighted by molar-refractivity contribution is 0.106. The van der Waals surface area contributed by atoms with E-state index in [1.807, 2.05) is 12.1 Å². The van der Waals surface area contributed by atoms with Gasteiger partial charge in [-0.05, 0) is 34.5 Å². The highest BCUT2D eigenvalue weighted by Gasteiger charge is 1.97. The van der Waals surface area contributed by atoms with E-state index in [0.717, 1.165) is 23.5 Å². The van der Waals surface area contributed by atoms with Crippen molar-refractivity contribution >= 4 is 15.9 Å². The molecule has 0 N–H and O–H groups in total. The summed E-state index contributed by atoms with van der Waals surface area (Å²) in [6.45, 7) is 3.44. The molecule has 2 nitrogen and oxygen atoms in total. The molecule has 3 heteroatoms.